The molecule has 0 bridgehead atoms. The van der Waals surface area contributed by atoms with Crippen LogP contribution in [-0.4, -0.2) is 32.8 Å². The van der Waals surface area contributed by atoms with Gasteiger partial charge in [-0.05, 0) is 32.5 Å². The van der Waals surface area contributed by atoms with Gasteiger partial charge in [-0.2, -0.15) is 5.26 Å². The van der Waals surface area contributed by atoms with Gasteiger partial charge in [-0.1, -0.05) is 0 Å². The zero-order valence-electron chi connectivity index (χ0n) is 10.3. The number of nitrogens with zero attached hydrogens (tertiary/aromatic N) is 2. The number of likely N-dealkylation sites (tertiary alicyclic amines) is 1. The average Bonchev–Trinajstić information content (AvgIpc) is 2.50. The third-order valence-corrected chi connectivity index (χ3v) is 3.17. The van der Waals surface area contributed by atoms with Gasteiger partial charge in [-0.15, -0.1) is 0 Å². The van der Waals surface area contributed by atoms with E-state index in [9.17, 15) is 4.79 Å². The minimum absolute atomic E-state index is 0.183. The minimum atomic E-state index is -1.93. The first-order valence-corrected chi connectivity index (χ1v) is 8.83. The summed E-state index contributed by atoms with van der Waals surface area (Å²) in [5.74, 6) is -0.453. The second-order valence-electron chi connectivity index (χ2n) is 4.96. The number of rotatable bonds is 2. The molecule has 0 radical (unpaired) electrons. The molecule has 1 heterocycles. The summed E-state index contributed by atoms with van der Waals surface area (Å²) in [4.78, 5) is 13.8. The van der Waals surface area contributed by atoms with Gasteiger partial charge in [-0.3, -0.25) is 0 Å². The fourth-order valence-corrected chi connectivity index (χ4v) is 2.34. The number of carbonyl (C=O) groups is 1. The lowest BCUT2D eigenvalue weighted by atomic mass is 10.2. The SMILES string of the molecule is CN1CCC/C1=C(\C#N)C(=O)O[Si](C)(C)C. The van der Waals surface area contributed by atoms with E-state index in [4.69, 9.17) is 9.69 Å². The van der Waals surface area contributed by atoms with E-state index in [1.165, 1.54) is 0 Å². The van der Waals surface area contributed by atoms with E-state index in [-0.39, 0.29) is 5.57 Å². The zero-order valence-corrected chi connectivity index (χ0v) is 11.3. The Morgan fingerprint density at radius 3 is 2.50 bits per heavy atom. The van der Waals surface area contributed by atoms with E-state index < -0.39 is 14.3 Å². The second kappa shape index (κ2) is 4.70. The van der Waals surface area contributed by atoms with Crippen LogP contribution in [0.25, 0.3) is 0 Å². The van der Waals surface area contributed by atoms with Gasteiger partial charge in [0, 0.05) is 19.3 Å². The van der Waals surface area contributed by atoms with E-state index in [0.29, 0.717) is 0 Å². The Hall–Kier alpha value is -1.28. The lowest BCUT2D eigenvalue weighted by Crippen LogP contribution is -2.30. The van der Waals surface area contributed by atoms with Crippen LogP contribution in [0.5, 0.6) is 0 Å². The van der Waals surface area contributed by atoms with Gasteiger partial charge in [0.2, 0.25) is 8.32 Å². The summed E-state index contributed by atoms with van der Waals surface area (Å²) in [7, 11) is -0.0214. The minimum Gasteiger partial charge on any atom is -0.516 e. The van der Waals surface area contributed by atoms with Crippen LogP contribution >= 0.6 is 0 Å². The molecule has 1 aliphatic heterocycles. The normalized spacial score (nSPS) is 19.3. The van der Waals surface area contributed by atoms with Crippen molar-refractivity contribution in [1.29, 1.82) is 5.26 Å². The molecule has 0 aromatic carbocycles. The third kappa shape index (κ3) is 3.10. The van der Waals surface area contributed by atoms with Gasteiger partial charge in [0.05, 0.1) is 0 Å². The van der Waals surface area contributed by atoms with Crippen molar-refractivity contribution in [1.82, 2.24) is 4.90 Å². The van der Waals surface area contributed by atoms with Gasteiger partial charge in [0.1, 0.15) is 6.07 Å². The van der Waals surface area contributed by atoms with Crippen molar-refractivity contribution in [2.45, 2.75) is 32.5 Å². The molecular weight excluding hydrogens is 220 g/mol. The van der Waals surface area contributed by atoms with Gasteiger partial charge in [0.25, 0.3) is 0 Å². The van der Waals surface area contributed by atoms with Gasteiger partial charge in [-0.25, -0.2) is 4.79 Å². The van der Waals surface area contributed by atoms with Crippen LogP contribution in [0.1, 0.15) is 12.8 Å². The molecule has 4 nitrogen and oxygen atoms in total. The van der Waals surface area contributed by atoms with Crippen molar-refractivity contribution in [3.05, 3.63) is 11.3 Å². The predicted octanol–water partition coefficient (Wildman–Crippen LogP) is 1.87. The van der Waals surface area contributed by atoms with Crippen LogP contribution in [0.4, 0.5) is 0 Å². The molecule has 1 fully saturated rings. The van der Waals surface area contributed by atoms with E-state index in [1.807, 2.05) is 37.7 Å². The van der Waals surface area contributed by atoms with Crippen molar-refractivity contribution in [3.63, 3.8) is 0 Å². The monoisotopic (exact) mass is 238 g/mol. The largest absolute Gasteiger partial charge is 0.516 e. The fraction of sp³-hybridized carbons (Fsp3) is 0.636. The Morgan fingerprint density at radius 1 is 1.50 bits per heavy atom. The first-order chi connectivity index (χ1) is 7.35. The van der Waals surface area contributed by atoms with Crippen molar-refractivity contribution >= 4 is 14.3 Å². The van der Waals surface area contributed by atoms with E-state index in [1.54, 1.807) is 0 Å². The highest BCUT2D eigenvalue weighted by Gasteiger charge is 2.27. The molecule has 88 valence electrons. The van der Waals surface area contributed by atoms with Crippen LogP contribution in [0.2, 0.25) is 19.6 Å². The molecule has 16 heavy (non-hydrogen) atoms. The first-order valence-electron chi connectivity index (χ1n) is 5.43. The van der Waals surface area contributed by atoms with Crippen LogP contribution in [0.15, 0.2) is 11.3 Å². The molecule has 1 saturated heterocycles. The third-order valence-electron chi connectivity index (χ3n) is 2.37. The summed E-state index contributed by atoms with van der Waals surface area (Å²) >= 11 is 0. The number of nitriles is 1. The van der Waals surface area contributed by atoms with Gasteiger partial charge in [0.15, 0.2) is 5.57 Å². The zero-order chi connectivity index (χ0) is 12.3. The smallest absolute Gasteiger partial charge is 0.337 e. The van der Waals surface area contributed by atoms with Crippen molar-refractivity contribution < 1.29 is 9.22 Å². The Balaban J connectivity index is 2.92. The van der Waals surface area contributed by atoms with E-state index >= 15 is 0 Å². The van der Waals surface area contributed by atoms with Crippen molar-refractivity contribution in [2.24, 2.45) is 0 Å². The molecule has 0 spiro atoms. The summed E-state index contributed by atoms with van der Waals surface area (Å²) < 4.78 is 5.34. The molecule has 0 aliphatic carbocycles. The molecule has 0 aromatic rings. The maximum absolute atomic E-state index is 11.8. The standard InChI is InChI=1S/C11H18N2O2Si/c1-13-7-5-6-10(13)9(8-12)11(14)15-16(2,3)4/h5-7H2,1-4H3/b10-9-. The number of allylic oxidation sites excluding steroid dienone is 1. The summed E-state index contributed by atoms with van der Waals surface area (Å²) in [6.45, 7) is 6.70. The fourth-order valence-electron chi connectivity index (χ4n) is 1.68. The summed E-state index contributed by atoms with van der Waals surface area (Å²) in [5, 5.41) is 9.05. The predicted molar refractivity (Wildman–Crippen MR) is 63.9 cm³/mol. The second-order valence-corrected chi connectivity index (χ2v) is 9.39. The number of hydrogen-bond acceptors (Lipinski definition) is 4. The van der Waals surface area contributed by atoms with Crippen LogP contribution < -0.4 is 0 Å². The molecule has 5 heteroatoms. The Kier molecular flexibility index (Phi) is 3.76. The Bertz CT molecular complexity index is 363. The van der Waals surface area contributed by atoms with Crippen molar-refractivity contribution in [2.75, 3.05) is 13.6 Å². The molecule has 0 unspecified atom stereocenters. The quantitative estimate of drug-likeness (QED) is 0.418. The highest BCUT2D eigenvalue weighted by atomic mass is 28.4. The maximum Gasteiger partial charge on any atom is 0.337 e. The van der Waals surface area contributed by atoms with Crippen LogP contribution in [-0.2, 0) is 9.22 Å². The lowest BCUT2D eigenvalue weighted by Gasteiger charge is -2.19. The summed E-state index contributed by atoms with van der Waals surface area (Å²) in [6, 6.07) is 1.98. The summed E-state index contributed by atoms with van der Waals surface area (Å²) in [6.07, 6.45) is 1.79. The average molecular weight is 238 g/mol. The molecule has 0 aromatic heterocycles. The summed E-state index contributed by atoms with van der Waals surface area (Å²) in [5.41, 5.74) is 1.01. The van der Waals surface area contributed by atoms with E-state index in [0.717, 1.165) is 25.1 Å². The number of hydrogen-bond donors (Lipinski definition) is 0. The highest BCUT2D eigenvalue weighted by Crippen LogP contribution is 2.23. The lowest BCUT2D eigenvalue weighted by molar-refractivity contribution is -0.130. The molecule has 0 saturated carbocycles. The molecule has 0 N–H and O–H groups in total. The maximum atomic E-state index is 11.8. The van der Waals surface area contributed by atoms with Gasteiger partial charge < -0.3 is 9.33 Å². The highest BCUT2D eigenvalue weighted by molar-refractivity contribution is 6.71. The molecule has 1 rings (SSSR count). The van der Waals surface area contributed by atoms with Crippen molar-refractivity contribution in [3.8, 4) is 6.07 Å². The molecule has 1 aliphatic rings. The van der Waals surface area contributed by atoms with E-state index in [2.05, 4.69) is 0 Å². The molecule has 0 atom stereocenters. The Labute approximate surface area is 97.6 Å². The molecule has 0 amide bonds. The number of carbonyl (C=O) groups excluding carboxylic acids is 1. The molecular formula is C11H18N2O2Si. The topological polar surface area (TPSA) is 53.3 Å². The van der Waals surface area contributed by atoms with Gasteiger partial charge >= 0.3 is 5.97 Å². The Morgan fingerprint density at radius 2 is 2.12 bits per heavy atom. The van der Waals surface area contributed by atoms with Crippen LogP contribution in [0, 0.1) is 11.3 Å². The van der Waals surface area contributed by atoms with Crippen LogP contribution in [0.3, 0.4) is 0 Å². The first kappa shape index (κ1) is 12.8.